The van der Waals surface area contributed by atoms with Crippen molar-refractivity contribution in [1.29, 1.82) is 0 Å². The molecule has 1 N–H and O–H groups in total. The molecule has 0 spiro atoms. The van der Waals surface area contributed by atoms with Crippen molar-refractivity contribution < 1.29 is 23.8 Å². The third kappa shape index (κ3) is 6.30. The minimum atomic E-state index is -0.417. The van der Waals surface area contributed by atoms with Gasteiger partial charge in [0.1, 0.15) is 6.61 Å². The molecule has 1 aromatic heterocycles. The lowest BCUT2D eigenvalue weighted by atomic mass is 10.1. The summed E-state index contributed by atoms with van der Waals surface area (Å²) in [6.07, 6.45) is 2.57. The molecule has 7 nitrogen and oxygen atoms in total. The second-order valence-corrected chi connectivity index (χ2v) is 6.71. The van der Waals surface area contributed by atoms with Crippen LogP contribution in [0.15, 0.2) is 66.9 Å². The predicted molar refractivity (Wildman–Crippen MR) is 116 cm³/mol. The van der Waals surface area contributed by atoms with Gasteiger partial charge in [-0.2, -0.15) is 0 Å². The van der Waals surface area contributed by atoms with Gasteiger partial charge in [0.2, 0.25) is 5.91 Å². The largest absolute Gasteiger partial charge is 0.493 e. The van der Waals surface area contributed by atoms with Crippen LogP contribution in [-0.4, -0.2) is 31.1 Å². The fraction of sp³-hybridized carbons (Fsp3) is 0.208. The van der Waals surface area contributed by atoms with Gasteiger partial charge in [0, 0.05) is 18.3 Å². The van der Waals surface area contributed by atoms with E-state index in [0.29, 0.717) is 42.2 Å². The first-order chi connectivity index (χ1) is 15.1. The van der Waals surface area contributed by atoms with Crippen molar-refractivity contribution in [3.8, 4) is 11.5 Å². The Morgan fingerprint density at radius 1 is 0.968 bits per heavy atom. The van der Waals surface area contributed by atoms with E-state index < -0.39 is 5.97 Å². The van der Waals surface area contributed by atoms with Crippen LogP contribution in [0.5, 0.6) is 11.5 Å². The van der Waals surface area contributed by atoms with E-state index in [1.165, 1.54) is 7.11 Å². The van der Waals surface area contributed by atoms with Crippen LogP contribution in [0.3, 0.4) is 0 Å². The maximum Gasteiger partial charge on any atom is 0.337 e. The molecule has 0 radical (unpaired) electrons. The van der Waals surface area contributed by atoms with Gasteiger partial charge in [0.15, 0.2) is 11.5 Å². The highest BCUT2D eigenvalue weighted by molar-refractivity contribution is 5.93. The van der Waals surface area contributed by atoms with Crippen molar-refractivity contribution in [3.05, 3.63) is 83.7 Å². The number of anilines is 1. The first kappa shape index (κ1) is 21.8. The Morgan fingerprint density at radius 2 is 1.77 bits per heavy atom. The van der Waals surface area contributed by atoms with Gasteiger partial charge >= 0.3 is 5.97 Å². The third-order valence-electron chi connectivity index (χ3n) is 4.56. The topological polar surface area (TPSA) is 86.8 Å². The van der Waals surface area contributed by atoms with Crippen molar-refractivity contribution in [2.75, 3.05) is 19.5 Å². The number of pyridine rings is 1. The van der Waals surface area contributed by atoms with Crippen molar-refractivity contribution in [3.63, 3.8) is 0 Å². The average Bonchev–Trinajstić information content (AvgIpc) is 2.82. The summed E-state index contributed by atoms with van der Waals surface area (Å²) in [5.74, 6) is 0.679. The predicted octanol–water partition coefficient (Wildman–Crippen LogP) is 4.03. The number of hydrogen-bond donors (Lipinski definition) is 1. The Hall–Kier alpha value is -3.87. The Balaban J connectivity index is 1.53. The Morgan fingerprint density at radius 3 is 2.45 bits per heavy atom. The standard InChI is InChI=1S/C24H24N2O5/c1-29-22-15-17(6-12-21(22)31-16-20-5-3-4-14-25-20)7-13-23(27)26-19-10-8-18(9-11-19)24(28)30-2/h3-6,8-12,14-15H,7,13,16H2,1-2H3,(H,26,27). The lowest BCUT2D eigenvalue weighted by Gasteiger charge is -2.12. The van der Waals surface area contributed by atoms with E-state index in [1.54, 1.807) is 37.6 Å². The number of amides is 1. The van der Waals surface area contributed by atoms with Crippen LogP contribution >= 0.6 is 0 Å². The summed E-state index contributed by atoms with van der Waals surface area (Å²) in [6, 6.07) is 17.8. The molecule has 0 aliphatic rings. The van der Waals surface area contributed by atoms with Crippen molar-refractivity contribution in [2.45, 2.75) is 19.4 Å². The number of hydrogen-bond acceptors (Lipinski definition) is 6. The molecule has 0 fully saturated rings. The summed E-state index contributed by atoms with van der Waals surface area (Å²) in [4.78, 5) is 28.0. The zero-order chi connectivity index (χ0) is 22.1. The van der Waals surface area contributed by atoms with Gasteiger partial charge in [0.05, 0.1) is 25.5 Å². The lowest BCUT2D eigenvalue weighted by molar-refractivity contribution is -0.116. The molecule has 31 heavy (non-hydrogen) atoms. The number of benzene rings is 2. The molecule has 0 saturated heterocycles. The number of nitrogens with one attached hydrogen (secondary N) is 1. The summed E-state index contributed by atoms with van der Waals surface area (Å²) in [5.41, 5.74) is 2.83. The minimum absolute atomic E-state index is 0.125. The SMILES string of the molecule is COC(=O)c1ccc(NC(=O)CCc2ccc(OCc3ccccn3)c(OC)c2)cc1. The summed E-state index contributed by atoms with van der Waals surface area (Å²) in [5, 5.41) is 2.82. The van der Waals surface area contributed by atoms with Gasteiger partial charge in [-0.15, -0.1) is 0 Å². The van der Waals surface area contributed by atoms with Gasteiger partial charge in [-0.25, -0.2) is 4.79 Å². The molecular weight excluding hydrogens is 396 g/mol. The third-order valence-corrected chi connectivity index (χ3v) is 4.56. The zero-order valence-electron chi connectivity index (χ0n) is 17.5. The summed E-state index contributed by atoms with van der Waals surface area (Å²) in [6.45, 7) is 0.341. The number of carbonyl (C=O) groups is 2. The molecule has 3 aromatic rings. The molecule has 160 valence electrons. The van der Waals surface area contributed by atoms with E-state index in [0.717, 1.165) is 11.3 Å². The molecule has 0 bridgehead atoms. The number of ether oxygens (including phenoxy) is 3. The lowest BCUT2D eigenvalue weighted by Crippen LogP contribution is -2.12. The molecule has 0 aliphatic heterocycles. The highest BCUT2D eigenvalue weighted by Crippen LogP contribution is 2.29. The second-order valence-electron chi connectivity index (χ2n) is 6.71. The van der Waals surface area contributed by atoms with Crippen LogP contribution in [0.2, 0.25) is 0 Å². The smallest absolute Gasteiger partial charge is 0.337 e. The maximum atomic E-state index is 12.3. The number of nitrogens with zero attached hydrogens (tertiary/aromatic N) is 1. The number of aryl methyl sites for hydroxylation is 1. The Bertz CT molecular complexity index is 1020. The number of aromatic nitrogens is 1. The van der Waals surface area contributed by atoms with E-state index in [1.807, 2.05) is 36.4 Å². The van der Waals surface area contributed by atoms with Gasteiger partial charge < -0.3 is 19.5 Å². The number of rotatable bonds is 9. The number of esters is 1. The minimum Gasteiger partial charge on any atom is -0.493 e. The molecular formula is C24H24N2O5. The molecule has 0 saturated carbocycles. The first-order valence-electron chi connectivity index (χ1n) is 9.77. The normalized spacial score (nSPS) is 10.3. The monoisotopic (exact) mass is 420 g/mol. The van der Waals surface area contributed by atoms with E-state index in [2.05, 4.69) is 15.0 Å². The van der Waals surface area contributed by atoms with Crippen LogP contribution in [0.25, 0.3) is 0 Å². The number of carbonyl (C=O) groups excluding carboxylic acids is 2. The van der Waals surface area contributed by atoms with Crippen molar-refractivity contribution >= 4 is 17.6 Å². The summed E-state index contributed by atoms with van der Waals surface area (Å²) in [7, 11) is 2.91. The molecule has 0 unspecified atom stereocenters. The Labute approximate surface area is 181 Å². The summed E-state index contributed by atoms with van der Waals surface area (Å²) >= 11 is 0. The van der Waals surface area contributed by atoms with Gasteiger partial charge in [-0.05, 0) is 60.5 Å². The summed E-state index contributed by atoms with van der Waals surface area (Å²) < 4.78 is 15.9. The quantitative estimate of drug-likeness (QED) is 0.526. The van der Waals surface area contributed by atoms with Crippen molar-refractivity contribution in [1.82, 2.24) is 4.98 Å². The van der Waals surface area contributed by atoms with Gasteiger partial charge in [0.25, 0.3) is 0 Å². The van der Waals surface area contributed by atoms with E-state index in [9.17, 15) is 9.59 Å². The second kappa shape index (κ2) is 10.8. The molecule has 2 aromatic carbocycles. The van der Waals surface area contributed by atoms with Crippen LogP contribution < -0.4 is 14.8 Å². The van der Waals surface area contributed by atoms with Crippen LogP contribution in [-0.2, 0) is 22.6 Å². The molecule has 7 heteroatoms. The first-order valence-corrected chi connectivity index (χ1v) is 9.77. The number of methoxy groups -OCH3 is 2. The zero-order valence-corrected chi connectivity index (χ0v) is 17.5. The van der Waals surface area contributed by atoms with Gasteiger partial charge in [-0.3, -0.25) is 9.78 Å². The van der Waals surface area contributed by atoms with Crippen LogP contribution in [0.4, 0.5) is 5.69 Å². The van der Waals surface area contributed by atoms with Gasteiger partial charge in [-0.1, -0.05) is 12.1 Å². The Kier molecular flexibility index (Phi) is 7.59. The van der Waals surface area contributed by atoms with Crippen LogP contribution in [0, 0.1) is 0 Å². The molecule has 1 amide bonds. The highest BCUT2D eigenvalue weighted by Gasteiger charge is 2.10. The average molecular weight is 420 g/mol. The highest BCUT2D eigenvalue weighted by atomic mass is 16.5. The van der Waals surface area contributed by atoms with Crippen LogP contribution in [0.1, 0.15) is 28.0 Å². The molecule has 1 heterocycles. The maximum absolute atomic E-state index is 12.3. The molecule has 0 aliphatic carbocycles. The van der Waals surface area contributed by atoms with E-state index in [4.69, 9.17) is 9.47 Å². The molecule has 3 rings (SSSR count). The van der Waals surface area contributed by atoms with E-state index in [-0.39, 0.29) is 5.91 Å². The van der Waals surface area contributed by atoms with Crippen molar-refractivity contribution in [2.24, 2.45) is 0 Å². The molecule has 0 atom stereocenters. The fourth-order valence-electron chi connectivity index (χ4n) is 2.91. The van der Waals surface area contributed by atoms with E-state index >= 15 is 0 Å². The fourth-order valence-corrected chi connectivity index (χ4v) is 2.91.